The van der Waals surface area contributed by atoms with Crippen molar-refractivity contribution >= 4 is 33.3 Å². The smallest absolute Gasteiger partial charge is 0.268 e. The first-order valence-electron chi connectivity index (χ1n) is 9.38. The van der Waals surface area contributed by atoms with Crippen molar-refractivity contribution in [3.63, 3.8) is 0 Å². The standard InChI is InChI=1S/C24H19BrN2O3/c1-30-19-13-11-18(12-14-19)26-22-20(23(28)16-5-3-2-4-6-16)21(27-24(22)29)15-7-9-17(25)10-8-15/h2-14,21,26H,1H3,(H,27,29). The summed E-state index contributed by atoms with van der Waals surface area (Å²) in [6.07, 6.45) is 0. The molecule has 150 valence electrons. The van der Waals surface area contributed by atoms with E-state index in [0.717, 1.165) is 10.0 Å². The summed E-state index contributed by atoms with van der Waals surface area (Å²) in [4.78, 5) is 26.3. The number of benzene rings is 3. The molecule has 2 N–H and O–H groups in total. The van der Waals surface area contributed by atoms with Crippen LogP contribution in [0, 0.1) is 0 Å². The Kier molecular flexibility index (Phi) is 5.68. The molecule has 4 rings (SSSR count). The number of nitrogens with one attached hydrogen (secondary N) is 2. The van der Waals surface area contributed by atoms with Crippen molar-refractivity contribution in [3.05, 3.63) is 106 Å². The lowest BCUT2D eigenvalue weighted by atomic mass is 9.93. The molecule has 0 saturated heterocycles. The Morgan fingerprint density at radius 2 is 1.63 bits per heavy atom. The third-order valence-electron chi connectivity index (χ3n) is 4.90. The van der Waals surface area contributed by atoms with Gasteiger partial charge in [0.2, 0.25) is 0 Å². The third kappa shape index (κ3) is 4.00. The van der Waals surface area contributed by atoms with Gasteiger partial charge in [-0.25, -0.2) is 0 Å². The van der Waals surface area contributed by atoms with Crippen molar-refractivity contribution in [2.24, 2.45) is 0 Å². The van der Waals surface area contributed by atoms with Gasteiger partial charge in [-0.3, -0.25) is 9.59 Å². The second-order valence-electron chi connectivity index (χ2n) is 6.80. The Balaban J connectivity index is 1.78. The monoisotopic (exact) mass is 462 g/mol. The summed E-state index contributed by atoms with van der Waals surface area (Å²) in [7, 11) is 1.59. The van der Waals surface area contributed by atoms with Gasteiger partial charge < -0.3 is 15.4 Å². The van der Waals surface area contributed by atoms with Crippen LogP contribution < -0.4 is 15.4 Å². The summed E-state index contributed by atoms with van der Waals surface area (Å²) >= 11 is 3.43. The molecule has 1 unspecified atom stereocenters. The zero-order valence-electron chi connectivity index (χ0n) is 16.2. The van der Waals surface area contributed by atoms with E-state index in [9.17, 15) is 9.59 Å². The number of ketones is 1. The number of Topliss-reactive ketones (excluding diaryl/α,β-unsaturated/α-hetero) is 1. The Labute approximate surface area is 182 Å². The van der Waals surface area contributed by atoms with Crippen LogP contribution >= 0.6 is 15.9 Å². The van der Waals surface area contributed by atoms with Crippen molar-refractivity contribution in [3.8, 4) is 5.75 Å². The van der Waals surface area contributed by atoms with Gasteiger partial charge in [0.25, 0.3) is 5.91 Å². The molecule has 3 aromatic rings. The van der Waals surface area contributed by atoms with Crippen LogP contribution in [0.3, 0.4) is 0 Å². The Hall–Kier alpha value is -3.38. The van der Waals surface area contributed by atoms with Crippen LogP contribution in [0.4, 0.5) is 5.69 Å². The number of carbonyl (C=O) groups is 2. The largest absolute Gasteiger partial charge is 0.497 e. The molecular formula is C24H19BrN2O3. The van der Waals surface area contributed by atoms with Gasteiger partial charge in [0.15, 0.2) is 5.78 Å². The third-order valence-corrected chi connectivity index (χ3v) is 5.43. The molecule has 0 saturated carbocycles. The predicted octanol–water partition coefficient (Wildman–Crippen LogP) is 4.88. The van der Waals surface area contributed by atoms with E-state index in [1.165, 1.54) is 0 Å². The molecule has 0 fully saturated rings. The van der Waals surface area contributed by atoms with Gasteiger partial charge in [-0.05, 0) is 42.0 Å². The number of carbonyl (C=O) groups excluding carboxylic acids is 2. The second-order valence-corrected chi connectivity index (χ2v) is 7.71. The van der Waals surface area contributed by atoms with Gasteiger partial charge in [0.1, 0.15) is 11.4 Å². The fourth-order valence-electron chi connectivity index (χ4n) is 3.38. The van der Waals surface area contributed by atoms with Gasteiger partial charge in [-0.2, -0.15) is 0 Å². The Morgan fingerprint density at radius 3 is 2.27 bits per heavy atom. The van der Waals surface area contributed by atoms with E-state index in [0.29, 0.717) is 22.6 Å². The van der Waals surface area contributed by atoms with Gasteiger partial charge in [-0.1, -0.05) is 58.4 Å². The van der Waals surface area contributed by atoms with Crippen LogP contribution in [0.5, 0.6) is 5.75 Å². The minimum absolute atomic E-state index is 0.196. The molecule has 0 aromatic heterocycles. The molecular weight excluding hydrogens is 444 g/mol. The Morgan fingerprint density at radius 1 is 0.967 bits per heavy atom. The van der Waals surface area contributed by atoms with Crippen LogP contribution in [0.25, 0.3) is 0 Å². The number of amides is 1. The lowest BCUT2D eigenvalue weighted by molar-refractivity contribution is -0.117. The van der Waals surface area contributed by atoms with E-state index in [-0.39, 0.29) is 17.4 Å². The quantitative estimate of drug-likeness (QED) is 0.512. The maximum atomic E-state index is 13.4. The normalized spacial score (nSPS) is 15.7. The van der Waals surface area contributed by atoms with Crippen LogP contribution in [0.15, 0.2) is 94.6 Å². The molecule has 6 heteroatoms. The van der Waals surface area contributed by atoms with Gasteiger partial charge in [0, 0.05) is 15.7 Å². The summed E-state index contributed by atoms with van der Waals surface area (Å²) in [5.41, 5.74) is 2.69. The van der Waals surface area contributed by atoms with Crippen LogP contribution in [0.2, 0.25) is 0 Å². The molecule has 0 spiro atoms. The number of halogens is 1. The summed E-state index contributed by atoms with van der Waals surface area (Å²) in [6, 6.07) is 23.2. The highest BCUT2D eigenvalue weighted by molar-refractivity contribution is 9.10. The van der Waals surface area contributed by atoms with Crippen LogP contribution in [0.1, 0.15) is 22.0 Å². The van der Waals surface area contributed by atoms with E-state index >= 15 is 0 Å². The van der Waals surface area contributed by atoms with Crippen molar-refractivity contribution in [2.75, 3.05) is 12.4 Å². The zero-order valence-corrected chi connectivity index (χ0v) is 17.8. The molecule has 1 heterocycles. The minimum Gasteiger partial charge on any atom is -0.497 e. The van der Waals surface area contributed by atoms with E-state index < -0.39 is 6.04 Å². The molecule has 0 aliphatic carbocycles. The molecule has 30 heavy (non-hydrogen) atoms. The molecule has 1 atom stereocenters. The lowest BCUT2D eigenvalue weighted by Gasteiger charge is -2.15. The second kappa shape index (κ2) is 8.55. The topological polar surface area (TPSA) is 67.4 Å². The first-order valence-corrected chi connectivity index (χ1v) is 10.2. The number of hydrogen-bond donors (Lipinski definition) is 2. The average molecular weight is 463 g/mol. The van der Waals surface area contributed by atoms with Crippen LogP contribution in [-0.2, 0) is 4.79 Å². The van der Waals surface area contributed by atoms with Crippen molar-refractivity contribution in [1.29, 1.82) is 0 Å². The lowest BCUT2D eigenvalue weighted by Crippen LogP contribution is -2.24. The Bertz CT molecular complexity index is 1110. The molecule has 3 aromatic carbocycles. The van der Waals surface area contributed by atoms with E-state index in [4.69, 9.17) is 4.74 Å². The van der Waals surface area contributed by atoms with E-state index in [1.54, 1.807) is 43.5 Å². The van der Waals surface area contributed by atoms with Gasteiger partial charge in [-0.15, -0.1) is 0 Å². The van der Waals surface area contributed by atoms with Crippen molar-refractivity contribution in [1.82, 2.24) is 5.32 Å². The van der Waals surface area contributed by atoms with E-state index in [2.05, 4.69) is 26.6 Å². The number of anilines is 1. The predicted molar refractivity (Wildman–Crippen MR) is 119 cm³/mol. The highest BCUT2D eigenvalue weighted by Gasteiger charge is 2.37. The summed E-state index contributed by atoms with van der Waals surface area (Å²) < 4.78 is 6.11. The first-order chi connectivity index (χ1) is 14.6. The minimum atomic E-state index is -0.543. The molecule has 1 aliphatic heterocycles. The SMILES string of the molecule is COc1ccc(NC2=C(C(=O)c3ccccc3)C(c3ccc(Br)cc3)NC2=O)cc1. The molecule has 1 aliphatic rings. The van der Waals surface area contributed by atoms with Gasteiger partial charge in [0.05, 0.1) is 18.7 Å². The number of rotatable bonds is 6. The molecule has 0 bridgehead atoms. The number of ether oxygens (including phenoxy) is 1. The van der Waals surface area contributed by atoms with Gasteiger partial charge >= 0.3 is 0 Å². The highest BCUT2D eigenvalue weighted by atomic mass is 79.9. The first kappa shape index (κ1) is 19.9. The van der Waals surface area contributed by atoms with Crippen molar-refractivity contribution < 1.29 is 14.3 Å². The fraction of sp³-hybridized carbons (Fsp3) is 0.0833. The molecule has 1 amide bonds. The molecule has 0 radical (unpaired) electrons. The average Bonchev–Trinajstić information content (AvgIpc) is 3.10. The fourth-order valence-corrected chi connectivity index (χ4v) is 3.64. The highest BCUT2D eigenvalue weighted by Crippen LogP contribution is 2.34. The summed E-state index contributed by atoms with van der Waals surface area (Å²) in [5.74, 6) is 0.189. The summed E-state index contributed by atoms with van der Waals surface area (Å²) in [6.45, 7) is 0. The van der Waals surface area contributed by atoms with Crippen LogP contribution in [-0.4, -0.2) is 18.8 Å². The number of hydrogen-bond acceptors (Lipinski definition) is 4. The maximum Gasteiger partial charge on any atom is 0.268 e. The number of methoxy groups -OCH3 is 1. The van der Waals surface area contributed by atoms with Crippen molar-refractivity contribution in [2.45, 2.75) is 6.04 Å². The molecule has 5 nitrogen and oxygen atoms in total. The maximum absolute atomic E-state index is 13.4. The van der Waals surface area contributed by atoms with E-state index in [1.807, 2.05) is 42.5 Å². The summed E-state index contributed by atoms with van der Waals surface area (Å²) in [5, 5.41) is 6.08. The zero-order chi connectivity index (χ0) is 21.1.